The quantitative estimate of drug-likeness (QED) is 0.842. The molecule has 2 heteroatoms. The maximum atomic E-state index is 5.51. The predicted molar refractivity (Wildman–Crippen MR) is 77.0 cm³/mol. The van der Waals surface area contributed by atoms with E-state index in [1.54, 1.807) is 0 Å². The molecule has 1 atom stereocenters. The first-order valence-electron chi connectivity index (χ1n) is 6.56. The molecule has 0 aromatic heterocycles. The van der Waals surface area contributed by atoms with Gasteiger partial charge in [0.25, 0.3) is 0 Å². The zero-order valence-corrected chi connectivity index (χ0v) is 11.1. The summed E-state index contributed by atoms with van der Waals surface area (Å²) in [7, 11) is 1.99. The Hall–Kier alpha value is -1.38. The van der Waals surface area contributed by atoms with E-state index in [0.29, 0.717) is 6.04 Å². The van der Waals surface area contributed by atoms with E-state index in [1.165, 1.54) is 16.3 Å². The Labute approximate surface area is 109 Å². The highest BCUT2D eigenvalue weighted by atomic mass is 16.5. The molecule has 0 radical (unpaired) electrons. The topological polar surface area (TPSA) is 21.3 Å². The number of likely N-dealkylation sites (N-methyl/N-ethyl adjacent to an activating group) is 1. The Morgan fingerprint density at radius 3 is 2.67 bits per heavy atom. The average molecular weight is 243 g/mol. The Kier molecular flexibility index (Phi) is 4.73. The smallest absolute Gasteiger partial charge is 0.0622 e. The van der Waals surface area contributed by atoms with Crippen LogP contribution in [0.3, 0.4) is 0 Å². The molecule has 2 nitrogen and oxygen atoms in total. The largest absolute Gasteiger partial charge is 0.380 e. The molecule has 2 rings (SSSR count). The molecule has 96 valence electrons. The lowest BCUT2D eigenvalue weighted by atomic mass is 9.99. The maximum absolute atomic E-state index is 5.51. The fourth-order valence-electron chi connectivity index (χ4n) is 2.24. The molecule has 0 bridgehead atoms. The molecule has 0 fully saturated rings. The molecule has 0 heterocycles. The van der Waals surface area contributed by atoms with Gasteiger partial charge < -0.3 is 10.1 Å². The van der Waals surface area contributed by atoms with Crippen LogP contribution in [0.15, 0.2) is 42.5 Å². The molecule has 0 aliphatic carbocycles. The lowest BCUT2D eigenvalue weighted by molar-refractivity contribution is 0.125. The van der Waals surface area contributed by atoms with Crippen LogP contribution in [0.25, 0.3) is 10.8 Å². The maximum Gasteiger partial charge on any atom is 0.0622 e. The molecule has 0 aliphatic rings. The summed E-state index contributed by atoms with van der Waals surface area (Å²) < 4.78 is 5.51. The SMILES string of the molecule is CCOCC(Cc1cccc2ccccc12)NC. The van der Waals surface area contributed by atoms with Crippen molar-refractivity contribution in [1.29, 1.82) is 0 Å². The summed E-state index contributed by atoms with van der Waals surface area (Å²) in [5.74, 6) is 0. The van der Waals surface area contributed by atoms with Crippen molar-refractivity contribution in [3.05, 3.63) is 48.0 Å². The van der Waals surface area contributed by atoms with Gasteiger partial charge in [0.1, 0.15) is 0 Å². The van der Waals surface area contributed by atoms with Gasteiger partial charge in [-0.25, -0.2) is 0 Å². The second-order valence-corrected chi connectivity index (χ2v) is 4.49. The van der Waals surface area contributed by atoms with Gasteiger partial charge in [0.15, 0.2) is 0 Å². The normalized spacial score (nSPS) is 12.8. The lowest BCUT2D eigenvalue weighted by Crippen LogP contribution is -2.32. The van der Waals surface area contributed by atoms with Crippen molar-refractivity contribution in [1.82, 2.24) is 5.32 Å². The van der Waals surface area contributed by atoms with Gasteiger partial charge >= 0.3 is 0 Å². The van der Waals surface area contributed by atoms with E-state index in [9.17, 15) is 0 Å². The van der Waals surface area contributed by atoms with Crippen molar-refractivity contribution in [3.63, 3.8) is 0 Å². The van der Waals surface area contributed by atoms with Gasteiger partial charge in [-0.3, -0.25) is 0 Å². The predicted octanol–water partition coefficient (Wildman–Crippen LogP) is 3.01. The summed E-state index contributed by atoms with van der Waals surface area (Å²) in [5, 5.41) is 5.98. The van der Waals surface area contributed by atoms with Crippen LogP contribution in [0, 0.1) is 0 Å². The van der Waals surface area contributed by atoms with Crippen LogP contribution in [0.1, 0.15) is 12.5 Å². The van der Waals surface area contributed by atoms with Crippen LogP contribution in [0.5, 0.6) is 0 Å². The highest BCUT2D eigenvalue weighted by molar-refractivity contribution is 5.85. The van der Waals surface area contributed by atoms with Gasteiger partial charge in [0.2, 0.25) is 0 Å². The number of hydrogen-bond acceptors (Lipinski definition) is 2. The molecule has 2 aromatic rings. The molecular formula is C16H21NO. The van der Waals surface area contributed by atoms with Crippen LogP contribution in [0.4, 0.5) is 0 Å². The number of rotatable bonds is 6. The second kappa shape index (κ2) is 6.53. The molecule has 0 spiro atoms. The van der Waals surface area contributed by atoms with Gasteiger partial charge in [0, 0.05) is 12.6 Å². The Bertz CT molecular complexity index is 490. The fourth-order valence-corrected chi connectivity index (χ4v) is 2.24. The van der Waals surface area contributed by atoms with E-state index in [1.807, 2.05) is 14.0 Å². The molecule has 0 amide bonds. The van der Waals surface area contributed by atoms with Crippen LogP contribution in [-0.4, -0.2) is 26.3 Å². The van der Waals surface area contributed by atoms with Gasteiger partial charge in [-0.2, -0.15) is 0 Å². The van der Waals surface area contributed by atoms with Gasteiger partial charge in [-0.1, -0.05) is 42.5 Å². The number of benzene rings is 2. The number of hydrogen-bond donors (Lipinski definition) is 1. The van der Waals surface area contributed by atoms with E-state index in [0.717, 1.165) is 19.6 Å². The molecule has 2 aromatic carbocycles. The Balaban J connectivity index is 2.19. The second-order valence-electron chi connectivity index (χ2n) is 4.49. The van der Waals surface area contributed by atoms with Crippen molar-refractivity contribution in [2.24, 2.45) is 0 Å². The first-order chi connectivity index (χ1) is 8.85. The minimum absolute atomic E-state index is 0.371. The van der Waals surface area contributed by atoms with E-state index < -0.39 is 0 Å². The summed E-state index contributed by atoms with van der Waals surface area (Å²) in [4.78, 5) is 0. The zero-order valence-electron chi connectivity index (χ0n) is 11.1. The third-order valence-corrected chi connectivity index (χ3v) is 3.28. The van der Waals surface area contributed by atoms with Crippen molar-refractivity contribution in [3.8, 4) is 0 Å². The monoisotopic (exact) mass is 243 g/mol. The number of nitrogens with one attached hydrogen (secondary N) is 1. The number of ether oxygens (including phenoxy) is 1. The Morgan fingerprint density at radius 1 is 1.11 bits per heavy atom. The van der Waals surface area contributed by atoms with Crippen molar-refractivity contribution in [2.75, 3.05) is 20.3 Å². The van der Waals surface area contributed by atoms with E-state index >= 15 is 0 Å². The highest BCUT2D eigenvalue weighted by Crippen LogP contribution is 2.19. The third-order valence-electron chi connectivity index (χ3n) is 3.28. The summed E-state index contributed by atoms with van der Waals surface area (Å²) in [5.41, 5.74) is 1.38. The molecule has 1 N–H and O–H groups in total. The van der Waals surface area contributed by atoms with Gasteiger partial charge in [-0.15, -0.1) is 0 Å². The number of fused-ring (bicyclic) bond motifs is 1. The van der Waals surface area contributed by atoms with Crippen LogP contribution >= 0.6 is 0 Å². The van der Waals surface area contributed by atoms with Gasteiger partial charge in [0.05, 0.1) is 6.61 Å². The van der Waals surface area contributed by atoms with Crippen LogP contribution < -0.4 is 5.32 Å². The first-order valence-corrected chi connectivity index (χ1v) is 6.56. The third kappa shape index (κ3) is 3.09. The molecule has 0 saturated carbocycles. The summed E-state index contributed by atoms with van der Waals surface area (Å²) in [6.07, 6.45) is 0.998. The minimum Gasteiger partial charge on any atom is -0.380 e. The van der Waals surface area contributed by atoms with E-state index in [2.05, 4.69) is 47.8 Å². The van der Waals surface area contributed by atoms with Crippen LogP contribution in [0.2, 0.25) is 0 Å². The molecular weight excluding hydrogens is 222 g/mol. The Morgan fingerprint density at radius 2 is 1.89 bits per heavy atom. The van der Waals surface area contributed by atoms with Gasteiger partial charge in [-0.05, 0) is 36.7 Å². The molecule has 0 aliphatic heterocycles. The molecule has 1 unspecified atom stereocenters. The average Bonchev–Trinajstić information content (AvgIpc) is 2.43. The summed E-state index contributed by atoms with van der Waals surface area (Å²) in [6.45, 7) is 3.56. The first kappa shape index (κ1) is 13.1. The summed E-state index contributed by atoms with van der Waals surface area (Å²) in [6, 6.07) is 15.4. The molecule has 18 heavy (non-hydrogen) atoms. The van der Waals surface area contributed by atoms with Crippen molar-refractivity contribution < 1.29 is 4.74 Å². The highest BCUT2D eigenvalue weighted by Gasteiger charge is 2.09. The molecule has 0 saturated heterocycles. The van der Waals surface area contributed by atoms with Crippen molar-refractivity contribution in [2.45, 2.75) is 19.4 Å². The summed E-state index contributed by atoms with van der Waals surface area (Å²) >= 11 is 0. The van der Waals surface area contributed by atoms with E-state index in [-0.39, 0.29) is 0 Å². The van der Waals surface area contributed by atoms with Crippen molar-refractivity contribution >= 4 is 10.8 Å². The fraction of sp³-hybridized carbons (Fsp3) is 0.375. The lowest BCUT2D eigenvalue weighted by Gasteiger charge is -2.17. The van der Waals surface area contributed by atoms with Crippen LogP contribution in [-0.2, 0) is 11.2 Å². The standard InChI is InChI=1S/C16H21NO/c1-3-18-12-15(17-2)11-14-9-6-8-13-7-4-5-10-16(13)14/h4-10,15,17H,3,11-12H2,1-2H3. The van der Waals surface area contributed by atoms with E-state index in [4.69, 9.17) is 4.74 Å². The zero-order chi connectivity index (χ0) is 12.8. The minimum atomic E-state index is 0.371.